The van der Waals surface area contributed by atoms with Crippen molar-refractivity contribution in [2.45, 2.75) is 45.8 Å². The van der Waals surface area contributed by atoms with Gasteiger partial charge < -0.3 is 10.4 Å². The molecule has 0 amide bonds. The molecule has 2 nitrogen and oxygen atoms in total. The molecule has 0 aliphatic heterocycles. The van der Waals surface area contributed by atoms with E-state index in [1.54, 1.807) is 0 Å². The Balaban J connectivity index is 0.00000256. The van der Waals surface area contributed by atoms with E-state index in [1.807, 2.05) is 38.1 Å². The van der Waals surface area contributed by atoms with Gasteiger partial charge in [-0.15, -0.1) is 12.4 Å². The summed E-state index contributed by atoms with van der Waals surface area (Å²) in [5.74, 6) is 0. The zero-order valence-electron chi connectivity index (χ0n) is 11.4. The van der Waals surface area contributed by atoms with Gasteiger partial charge in [-0.25, -0.2) is 0 Å². The summed E-state index contributed by atoms with van der Waals surface area (Å²) in [6.07, 6.45) is 0. The van der Waals surface area contributed by atoms with Crippen LogP contribution in [0.15, 0.2) is 24.3 Å². The van der Waals surface area contributed by atoms with Gasteiger partial charge in [-0.05, 0) is 40.2 Å². The Kier molecular flexibility index (Phi) is 5.66. The zero-order chi connectivity index (χ0) is 12.4. The number of halogens is 1. The number of aliphatic hydroxyl groups is 1. The minimum atomic E-state index is -0.818. The molecule has 17 heavy (non-hydrogen) atoms. The van der Waals surface area contributed by atoms with Crippen LogP contribution in [0.1, 0.15) is 38.8 Å². The van der Waals surface area contributed by atoms with E-state index in [9.17, 15) is 5.11 Å². The van der Waals surface area contributed by atoms with Gasteiger partial charge in [0.1, 0.15) is 0 Å². The highest BCUT2D eigenvalue weighted by molar-refractivity contribution is 5.85. The first-order valence-corrected chi connectivity index (χ1v) is 5.75. The molecule has 1 atom stereocenters. The molecule has 2 N–H and O–H groups in total. The van der Waals surface area contributed by atoms with Crippen LogP contribution in [0.5, 0.6) is 0 Å². The van der Waals surface area contributed by atoms with Crippen molar-refractivity contribution in [1.82, 2.24) is 5.32 Å². The summed E-state index contributed by atoms with van der Waals surface area (Å²) in [7, 11) is 0. The predicted molar refractivity (Wildman–Crippen MR) is 75.8 cm³/mol. The highest BCUT2D eigenvalue weighted by Gasteiger charge is 2.24. The fraction of sp³-hybridized carbons (Fsp3) is 0.571. The third-order valence-electron chi connectivity index (χ3n) is 2.64. The smallest absolute Gasteiger partial charge is 0.0992 e. The molecule has 98 valence electrons. The second-order valence-electron chi connectivity index (χ2n) is 5.74. The van der Waals surface area contributed by atoms with Crippen LogP contribution < -0.4 is 5.32 Å². The molecule has 0 aliphatic carbocycles. The number of nitrogens with one attached hydrogen (secondary N) is 1. The maximum Gasteiger partial charge on any atom is 0.0992 e. The molecule has 0 aromatic heterocycles. The number of benzene rings is 1. The Morgan fingerprint density at radius 1 is 1.06 bits per heavy atom. The number of hydrogen-bond donors (Lipinski definition) is 2. The fourth-order valence-electron chi connectivity index (χ4n) is 1.45. The molecule has 1 rings (SSSR count). The molecule has 0 bridgehead atoms. The second kappa shape index (κ2) is 5.85. The Labute approximate surface area is 111 Å². The lowest BCUT2D eigenvalue weighted by Crippen LogP contribution is -2.44. The van der Waals surface area contributed by atoms with Crippen molar-refractivity contribution in [1.29, 1.82) is 0 Å². The number of hydrogen-bond acceptors (Lipinski definition) is 2. The van der Waals surface area contributed by atoms with Crippen LogP contribution in [0, 0.1) is 6.92 Å². The highest BCUT2D eigenvalue weighted by atomic mass is 35.5. The Hall–Kier alpha value is -0.570. The molecule has 0 radical (unpaired) electrons. The normalized spacial score (nSPS) is 14.9. The molecule has 3 heteroatoms. The Bertz CT molecular complexity index is 338. The summed E-state index contributed by atoms with van der Waals surface area (Å²) in [5, 5.41) is 13.7. The van der Waals surface area contributed by atoms with E-state index in [0.29, 0.717) is 6.54 Å². The van der Waals surface area contributed by atoms with Gasteiger partial charge in [0.25, 0.3) is 0 Å². The van der Waals surface area contributed by atoms with Crippen LogP contribution in [0.25, 0.3) is 0 Å². The van der Waals surface area contributed by atoms with Gasteiger partial charge in [-0.1, -0.05) is 29.8 Å². The summed E-state index contributed by atoms with van der Waals surface area (Å²) >= 11 is 0. The fourth-order valence-corrected chi connectivity index (χ4v) is 1.45. The zero-order valence-corrected chi connectivity index (χ0v) is 12.2. The minimum absolute atomic E-state index is 0. The van der Waals surface area contributed by atoms with Crippen molar-refractivity contribution in [3.8, 4) is 0 Å². The van der Waals surface area contributed by atoms with Crippen LogP contribution in [-0.4, -0.2) is 17.2 Å². The van der Waals surface area contributed by atoms with E-state index in [4.69, 9.17) is 0 Å². The molecule has 1 aromatic rings. The van der Waals surface area contributed by atoms with Gasteiger partial charge in [0, 0.05) is 12.1 Å². The van der Waals surface area contributed by atoms with Gasteiger partial charge in [0.2, 0.25) is 0 Å². The molecule has 0 aliphatic rings. The van der Waals surface area contributed by atoms with Crippen LogP contribution in [-0.2, 0) is 5.60 Å². The van der Waals surface area contributed by atoms with Crippen molar-refractivity contribution >= 4 is 12.4 Å². The molecule has 0 saturated heterocycles. The summed E-state index contributed by atoms with van der Waals surface area (Å²) in [6.45, 7) is 10.7. The van der Waals surface area contributed by atoms with Gasteiger partial charge in [-0.3, -0.25) is 0 Å². The predicted octanol–water partition coefficient (Wildman–Crippen LogP) is 3.01. The van der Waals surface area contributed by atoms with Crippen LogP contribution in [0.4, 0.5) is 0 Å². The van der Waals surface area contributed by atoms with Crippen LogP contribution >= 0.6 is 12.4 Å². The van der Waals surface area contributed by atoms with Crippen molar-refractivity contribution in [2.24, 2.45) is 0 Å². The summed E-state index contributed by atoms with van der Waals surface area (Å²) in [6, 6.07) is 8.03. The number of aryl methyl sites for hydroxylation is 1. The van der Waals surface area contributed by atoms with Gasteiger partial charge in [0.15, 0.2) is 0 Å². The molecular formula is C14H24ClNO. The van der Waals surface area contributed by atoms with Crippen molar-refractivity contribution in [3.63, 3.8) is 0 Å². The second-order valence-corrected chi connectivity index (χ2v) is 5.74. The van der Waals surface area contributed by atoms with Gasteiger partial charge >= 0.3 is 0 Å². The first-order chi connectivity index (χ1) is 7.21. The van der Waals surface area contributed by atoms with Crippen molar-refractivity contribution in [2.75, 3.05) is 6.54 Å². The van der Waals surface area contributed by atoms with Crippen molar-refractivity contribution < 1.29 is 5.11 Å². The summed E-state index contributed by atoms with van der Waals surface area (Å²) in [5.41, 5.74) is 1.37. The number of β-amino-alcohol motifs (C(OH)–C–C–N with tert-alkyl or cyclic N) is 1. The van der Waals surface area contributed by atoms with E-state index >= 15 is 0 Å². The SMILES string of the molecule is Cc1ccc(C(C)(O)CNC(C)(C)C)cc1.Cl. The third kappa shape index (κ3) is 5.53. The first-order valence-electron chi connectivity index (χ1n) is 5.75. The van der Waals surface area contributed by atoms with Crippen molar-refractivity contribution in [3.05, 3.63) is 35.4 Å². The quantitative estimate of drug-likeness (QED) is 0.873. The summed E-state index contributed by atoms with van der Waals surface area (Å²) in [4.78, 5) is 0. The topological polar surface area (TPSA) is 32.3 Å². The lowest BCUT2D eigenvalue weighted by Gasteiger charge is -2.29. The molecule has 0 heterocycles. The van der Waals surface area contributed by atoms with Crippen LogP contribution in [0.3, 0.4) is 0 Å². The van der Waals surface area contributed by atoms with E-state index in [0.717, 1.165) is 5.56 Å². The maximum absolute atomic E-state index is 10.4. The minimum Gasteiger partial charge on any atom is -0.384 e. The molecule has 0 spiro atoms. The largest absolute Gasteiger partial charge is 0.384 e. The molecule has 0 fully saturated rings. The van der Waals surface area contributed by atoms with Crippen LogP contribution in [0.2, 0.25) is 0 Å². The maximum atomic E-state index is 10.4. The molecule has 1 aromatic carbocycles. The molecule has 1 unspecified atom stereocenters. The third-order valence-corrected chi connectivity index (χ3v) is 2.64. The van der Waals surface area contributed by atoms with E-state index < -0.39 is 5.60 Å². The standard InChI is InChI=1S/C14H23NO.ClH/c1-11-6-8-12(9-7-11)14(5,16)10-15-13(2,3)4;/h6-9,15-16H,10H2,1-5H3;1H. The van der Waals surface area contributed by atoms with E-state index in [2.05, 4.69) is 26.1 Å². The van der Waals surface area contributed by atoms with E-state index in [1.165, 1.54) is 5.56 Å². The number of rotatable bonds is 3. The van der Waals surface area contributed by atoms with Gasteiger partial charge in [0.05, 0.1) is 5.60 Å². The molecular weight excluding hydrogens is 234 g/mol. The molecule has 0 saturated carbocycles. The highest BCUT2D eigenvalue weighted by Crippen LogP contribution is 2.20. The lowest BCUT2D eigenvalue weighted by molar-refractivity contribution is 0.0502. The van der Waals surface area contributed by atoms with E-state index in [-0.39, 0.29) is 17.9 Å². The van der Waals surface area contributed by atoms with Gasteiger partial charge in [-0.2, -0.15) is 0 Å². The average molecular weight is 258 g/mol. The monoisotopic (exact) mass is 257 g/mol. The lowest BCUT2D eigenvalue weighted by atomic mass is 9.94. The first kappa shape index (κ1) is 16.4. The summed E-state index contributed by atoms with van der Waals surface area (Å²) < 4.78 is 0. The Morgan fingerprint density at radius 2 is 1.53 bits per heavy atom. The average Bonchev–Trinajstić information content (AvgIpc) is 2.15. The Morgan fingerprint density at radius 3 is 1.94 bits per heavy atom.